The number of nitrogens with one attached hydrogen (secondary N) is 1. The number of nitrogens with zero attached hydrogens (tertiary/aromatic N) is 1. The van der Waals surface area contributed by atoms with Crippen molar-refractivity contribution in [3.8, 4) is 5.75 Å². The smallest absolute Gasteiger partial charge is 0.226 e. The largest absolute Gasteiger partial charge is 0.491 e. The topological polar surface area (TPSA) is 41.6 Å². The first-order chi connectivity index (χ1) is 9.16. The van der Waals surface area contributed by atoms with Crippen molar-refractivity contribution in [1.82, 2.24) is 10.2 Å². The fourth-order valence-corrected chi connectivity index (χ4v) is 2.33. The second-order valence-corrected chi connectivity index (χ2v) is 5.07. The molecule has 1 aromatic carbocycles. The van der Waals surface area contributed by atoms with E-state index in [-0.39, 0.29) is 5.91 Å². The summed E-state index contributed by atoms with van der Waals surface area (Å²) < 4.78 is 5.56. The Balaban J connectivity index is 1.78. The molecule has 1 aliphatic heterocycles. The van der Waals surface area contributed by atoms with Crippen molar-refractivity contribution >= 4 is 17.5 Å². The highest BCUT2D eigenvalue weighted by atomic mass is 35.5. The van der Waals surface area contributed by atoms with Gasteiger partial charge in [-0.1, -0.05) is 17.7 Å². The Morgan fingerprint density at radius 3 is 2.84 bits per heavy atom. The maximum Gasteiger partial charge on any atom is 0.226 e. The van der Waals surface area contributed by atoms with Gasteiger partial charge in [-0.25, -0.2) is 0 Å². The number of hydrogen-bond donors (Lipinski definition) is 1. The highest BCUT2D eigenvalue weighted by Crippen LogP contribution is 2.25. The Morgan fingerprint density at radius 1 is 1.42 bits per heavy atom. The summed E-state index contributed by atoms with van der Waals surface area (Å²) in [5.41, 5.74) is 1.09. The second-order valence-electron chi connectivity index (χ2n) is 4.66. The van der Waals surface area contributed by atoms with Crippen molar-refractivity contribution < 1.29 is 9.53 Å². The first kappa shape index (κ1) is 14.2. The lowest BCUT2D eigenvalue weighted by Gasteiger charge is -2.27. The van der Waals surface area contributed by atoms with Gasteiger partial charge >= 0.3 is 0 Å². The van der Waals surface area contributed by atoms with Gasteiger partial charge in [-0.3, -0.25) is 4.79 Å². The van der Waals surface area contributed by atoms with Crippen LogP contribution in [0, 0.1) is 6.92 Å². The normalized spacial score (nSPS) is 15.4. The zero-order valence-electron chi connectivity index (χ0n) is 11.1. The molecule has 19 heavy (non-hydrogen) atoms. The Kier molecular flexibility index (Phi) is 5.05. The van der Waals surface area contributed by atoms with E-state index < -0.39 is 0 Å². The van der Waals surface area contributed by atoms with Gasteiger partial charge in [0.2, 0.25) is 5.91 Å². The van der Waals surface area contributed by atoms with Gasteiger partial charge < -0.3 is 15.0 Å². The van der Waals surface area contributed by atoms with Gasteiger partial charge in [0.1, 0.15) is 5.75 Å². The number of halogens is 1. The van der Waals surface area contributed by atoms with Gasteiger partial charge in [0, 0.05) is 26.2 Å². The molecule has 0 spiro atoms. The van der Waals surface area contributed by atoms with Gasteiger partial charge in [0.15, 0.2) is 0 Å². The first-order valence-corrected chi connectivity index (χ1v) is 6.92. The summed E-state index contributed by atoms with van der Waals surface area (Å²) in [5.74, 6) is 0.783. The van der Waals surface area contributed by atoms with E-state index in [1.54, 1.807) is 0 Å². The van der Waals surface area contributed by atoms with E-state index in [0.717, 1.165) is 31.7 Å². The third kappa shape index (κ3) is 4.11. The van der Waals surface area contributed by atoms with E-state index in [0.29, 0.717) is 23.8 Å². The molecule has 2 rings (SSSR count). The van der Waals surface area contributed by atoms with Crippen LogP contribution in [0.2, 0.25) is 5.02 Å². The highest BCUT2D eigenvalue weighted by Gasteiger charge is 2.15. The molecule has 0 bridgehead atoms. The van der Waals surface area contributed by atoms with E-state index in [2.05, 4.69) is 5.32 Å². The molecular weight excluding hydrogens is 264 g/mol. The number of benzene rings is 1. The molecule has 0 aliphatic carbocycles. The third-order valence-corrected chi connectivity index (χ3v) is 3.43. The van der Waals surface area contributed by atoms with Gasteiger partial charge in [-0.2, -0.15) is 0 Å². The van der Waals surface area contributed by atoms with Crippen LogP contribution in [0.5, 0.6) is 5.75 Å². The van der Waals surface area contributed by atoms with Gasteiger partial charge in [-0.15, -0.1) is 0 Å². The summed E-state index contributed by atoms with van der Waals surface area (Å²) in [5, 5.41) is 3.81. The van der Waals surface area contributed by atoms with Crippen molar-refractivity contribution in [2.75, 3.05) is 32.8 Å². The van der Waals surface area contributed by atoms with Crippen molar-refractivity contribution in [1.29, 1.82) is 0 Å². The first-order valence-electron chi connectivity index (χ1n) is 6.54. The maximum absolute atomic E-state index is 11.9. The van der Waals surface area contributed by atoms with Crippen LogP contribution in [0.3, 0.4) is 0 Å². The molecule has 104 valence electrons. The Hall–Kier alpha value is -1.26. The SMILES string of the molecule is Cc1ccc(OCCC(=O)N2CCNCC2)c(Cl)c1. The molecule has 0 saturated carbocycles. The van der Waals surface area contributed by atoms with Crippen LogP contribution in [0.15, 0.2) is 18.2 Å². The molecule has 4 nitrogen and oxygen atoms in total. The molecule has 1 aromatic rings. The van der Waals surface area contributed by atoms with Crippen LogP contribution < -0.4 is 10.1 Å². The molecule has 1 N–H and O–H groups in total. The number of piperazine rings is 1. The molecular formula is C14H19ClN2O2. The summed E-state index contributed by atoms with van der Waals surface area (Å²) in [6, 6.07) is 5.64. The zero-order valence-corrected chi connectivity index (χ0v) is 11.9. The van der Waals surface area contributed by atoms with Crippen LogP contribution in [0.4, 0.5) is 0 Å². The monoisotopic (exact) mass is 282 g/mol. The fraction of sp³-hybridized carbons (Fsp3) is 0.500. The van der Waals surface area contributed by atoms with Crippen molar-refractivity contribution in [2.45, 2.75) is 13.3 Å². The quantitative estimate of drug-likeness (QED) is 0.916. The Morgan fingerprint density at radius 2 is 2.16 bits per heavy atom. The molecule has 0 aromatic heterocycles. The summed E-state index contributed by atoms with van der Waals surface area (Å²) in [6.07, 6.45) is 0.393. The van der Waals surface area contributed by atoms with Crippen LogP contribution in [0.1, 0.15) is 12.0 Å². The standard InChI is InChI=1S/C14H19ClN2O2/c1-11-2-3-13(12(15)10-11)19-9-4-14(18)17-7-5-16-6-8-17/h2-3,10,16H,4-9H2,1H3. The highest BCUT2D eigenvalue weighted by molar-refractivity contribution is 6.32. The van der Waals surface area contributed by atoms with E-state index >= 15 is 0 Å². The van der Waals surface area contributed by atoms with Crippen molar-refractivity contribution in [2.24, 2.45) is 0 Å². The van der Waals surface area contributed by atoms with Gasteiger partial charge in [0.25, 0.3) is 0 Å². The molecule has 0 atom stereocenters. The van der Waals surface area contributed by atoms with Crippen LogP contribution in [0.25, 0.3) is 0 Å². The van der Waals surface area contributed by atoms with E-state index in [4.69, 9.17) is 16.3 Å². The van der Waals surface area contributed by atoms with Crippen molar-refractivity contribution in [3.05, 3.63) is 28.8 Å². The van der Waals surface area contributed by atoms with Crippen LogP contribution in [-0.2, 0) is 4.79 Å². The predicted molar refractivity (Wildman–Crippen MR) is 75.8 cm³/mol. The number of carbonyl (C=O) groups excluding carboxylic acids is 1. The average Bonchev–Trinajstić information content (AvgIpc) is 2.42. The minimum absolute atomic E-state index is 0.143. The fourth-order valence-electron chi connectivity index (χ4n) is 2.04. The Bertz CT molecular complexity index is 445. The molecule has 1 heterocycles. The number of hydrogen-bond acceptors (Lipinski definition) is 3. The summed E-state index contributed by atoms with van der Waals surface area (Å²) >= 11 is 6.06. The number of ether oxygens (including phenoxy) is 1. The molecule has 0 unspecified atom stereocenters. The molecule has 1 saturated heterocycles. The number of aryl methyl sites for hydroxylation is 1. The lowest BCUT2D eigenvalue weighted by molar-refractivity contribution is -0.132. The van der Waals surface area contributed by atoms with Crippen molar-refractivity contribution in [3.63, 3.8) is 0 Å². The lowest BCUT2D eigenvalue weighted by atomic mass is 10.2. The average molecular weight is 283 g/mol. The summed E-state index contributed by atoms with van der Waals surface area (Å²) in [6.45, 7) is 5.65. The second kappa shape index (κ2) is 6.78. The molecule has 1 aliphatic rings. The Labute approximate surface area is 118 Å². The summed E-state index contributed by atoms with van der Waals surface area (Å²) in [7, 11) is 0. The maximum atomic E-state index is 11.9. The van der Waals surface area contributed by atoms with E-state index in [9.17, 15) is 4.79 Å². The summed E-state index contributed by atoms with van der Waals surface area (Å²) in [4.78, 5) is 13.8. The van der Waals surface area contributed by atoms with E-state index in [1.807, 2.05) is 30.0 Å². The minimum atomic E-state index is 0.143. The molecule has 0 radical (unpaired) electrons. The van der Waals surface area contributed by atoms with E-state index in [1.165, 1.54) is 0 Å². The predicted octanol–water partition coefficient (Wildman–Crippen LogP) is 1.85. The lowest BCUT2D eigenvalue weighted by Crippen LogP contribution is -2.46. The molecule has 1 amide bonds. The van der Waals surface area contributed by atoms with Gasteiger partial charge in [-0.05, 0) is 24.6 Å². The molecule has 5 heteroatoms. The zero-order chi connectivity index (χ0) is 13.7. The number of amides is 1. The van der Waals surface area contributed by atoms with Crippen LogP contribution >= 0.6 is 11.6 Å². The molecule has 1 fully saturated rings. The number of rotatable bonds is 4. The van der Waals surface area contributed by atoms with Gasteiger partial charge in [0.05, 0.1) is 18.1 Å². The third-order valence-electron chi connectivity index (χ3n) is 3.13. The minimum Gasteiger partial charge on any atom is -0.491 e. The van der Waals surface area contributed by atoms with Crippen LogP contribution in [-0.4, -0.2) is 43.6 Å². The number of carbonyl (C=O) groups is 1.